The van der Waals surface area contributed by atoms with Gasteiger partial charge in [-0.15, -0.1) is 0 Å². The van der Waals surface area contributed by atoms with E-state index in [1.54, 1.807) is 0 Å². The standard InChI is InChI=1S/C14H19F2N3O2/c1-9(2)8-19(6-5-13(17)18-21)14(20)11-4-3-10(15)7-12(11)16/h3-4,7,9,21H,5-6,8H2,1-2H3,(H2,17,18). The van der Waals surface area contributed by atoms with E-state index in [2.05, 4.69) is 5.16 Å². The van der Waals surface area contributed by atoms with Crippen LogP contribution in [0.25, 0.3) is 0 Å². The first-order chi connectivity index (χ1) is 9.85. The lowest BCUT2D eigenvalue weighted by Gasteiger charge is -2.24. The fourth-order valence-corrected chi connectivity index (χ4v) is 1.85. The summed E-state index contributed by atoms with van der Waals surface area (Å²) in [6, 6.07) is 2.82. The molecule has 0 aliphatic carbocycles. The van der Waals surface area contributed by atoms with E-state index in [0.717, 1.165) is 12.1 Å². The number of carbonyl (C=O) groups is 1. The van der Waals surface area contributed by atoms with E-state index in [-0.39, 0.29) is 30.3 Å². The number of hydrogen-bond donors (Lipinski definition) is 2. The van der Waals surface area contributed by atoms with E-state index in [1.165, 1.54) is 4.90 Å². The molecule has 1 rings (SSSR count). The second kappa shape index (κ2) is 7.56. The van der Waals surface area contributed by atoms with E-state index in [1.807, 2.05) is 13.8 Å². The molecule has 0 saturated heterocycles. The summed E-state index contributed by atoms with van der Waals surface area (Å²) >= 11 is 0. The number of nitrogens with zero attached hydrogens (tertiary/aromatic N) is 2. The first-order valence-electron chi connectivity index (χ1n) is 6.55. The van der Waals surface area contributed by atoms with Crippen LogP contribution in [-0.4, -0.2) is 34.9 Å². The largest absolute Gasteiger partial charge is 0.409 e. The van der Waals surface area contributed by atoms with Gasteiger partial charge in [0.05, 0.1) is 5.56 Å². The first-order valence-corrected chi connectivity index (χ1v) is 6.55. The van der Waals surface area contributed by atoms with Gasteiger partial charge in [0.25, 0.3) is 5.91 Å². The Bertz CT molecular complexity index is 533. The fraction of sp³-hybridized carbons (Fsp3) is 0.429. The lowest BCUT2D eigenvalue weighted by atomic mass is 10.1. The quantitative estimate of drug-likeness (QED) is 0.366. The second-order valence-electron chi connectivity index (χ2n) is 5.11. The molecule has 0 atom stereocenters. The fourth-order valence-electron chi connectivity index (χ4n) is 1.85. The Kier molecular flexibility index (Phi) is 6.08. The lowest BCUT2D eigenvalue weighted by molar-refractivity contribution is 0.0735. The second-order valence-corrected chi connectivity index (χ2v) is 5.11. The monoisotopic (exact) mass is 299 g/mol. The molecule has 1 aromatic rings. The summed E-state index contributed by atoms with van der Waals surface area (Å²) < 4.78 is 26.6. The van der Waals surface area contributed by atoms with Crippen LogP contribution in [0.4, 0.5) is 8.78 Å². The van der Waals surface area contributed by atoms with Crippen molar-refractivity contribution in [2.45, 2.75) is 20.3 Å². The maximum atomic E-state index is 13.7. The van der Waals surface area contributed by atoms with Crippen molar-refractivity contribution >= 4 is 11.7 Å². The Morgan fingerprint density at radius 1 is 1.43 bits per heavy atom. The van der Waals surface area contributed by atoms with Crippen molar-refractivity contribution in [3.63, 3.8) is 0 Å². The molecule has 0 radical (unpaired) electrons. The molecule has 0 unspecified atom stereocenters. The van der Waals surface area contributed by atoms with Crippen LogP contribution >= 0.6 is 0 Å². The van der Waals surface area contributed by atoms with Gasteiger partial charge >= 0.3 is 0 Å². The molecule has 0 aliphatic heterocycles. The summed E-state index contributed by atoms with van der Waals surface area (Å²) in [5, 5.41) is 11.4. The SMILES string of the molecule is CC(C)CN(CCC(N)=NO)C(=O)c1ccc(F)cc1F. The Hall–Kier alpha value is -2.18. The molecule has 3 N–H and O–H groups in total. The highest BCUT2D eigenvalue weighted by Gasteiger charge is 2.20. The molecule has 1 aromatic carbocycles. The first kappa shape index (κ1) is 16.9. The van der Waals surface area contributed by atoms with Crippen LogP contribution in [0, 0.1) is 17.6 Å². The summed E-state index contributed by atoms with van der Waals surface area (Å²) in [5.74, 6) is -2.05. The summed E-state index contributed by atoms with van der Waals surface area (Å²) in [4.78, 5) is 13.7. The predicted molar refractivity (Wildman–Crippen MR) is 75.1 cm³/mol. The topological polar surface area (TPSA) is 78.9 Å². The van der Waals surface area contributed by atoms with Crippen LogP contribution in [-0.2, 0) is 0 Å². The third-order valence-electron chi connectivity index (χ3n) is 2.80. The number of benzene rings is 1. The van der Waals surface area contributed by atoms with Gasteiger partial charge in [0.2, 0.25) is 0 Å². The van der Waals surface area contributed by atoms with Crippen molar-refractivity contribution in [3.05, 3.63) is 35.4 Å². The van der Waals surface area contributed by atoms with Gasteiger partial charge in [-0.2, -0.15) is 0 Å². The van der Waals surface area contributed by atoms with Crippen LogP contribution in [0.2, 0.25) is 0 Å². The van der Waals surface area contributed by atoms with Crippen LogP contribution in [0.5, 0.6) is 0 Å². The van der Waals surface area contributed by atoms with Gasteiger partial charge in [0.15, 0.2) is 0 Å². The molecular formula is C14H19F2N3O2. The minimum Gasteiger partial charge on any atom is -0.409 e. The number of oxime groups is 1. The molecule has 5 nitrogen and oxygen atoms in total. The number of amidine groups is 1. The third kappa shape index (κ3) is 5.02. The van der Waals surface area contributed by atoms with Gasteiger partial charge in [0, 0.05) is 25.6 Å². The van der Waals surface area contributed by atoms with Crippen LogP contribution in [0.1, 0.15) is 30.6 Å². The molecule has 116 valence electrons. The number of rotatable bonds is 6. The minimum absolute atomic E-state index is 0.0175. The number of amides is 1. The van der Waals surface area contributed by atoms with E-state index in [9.17, 15) is 13.6 Å². The molecule has 0 spiro atoms. The van der Waals surface area contributed by atoms with Crippen molar-refractivity contribution in [1.82, 2.24) is 4.90 Å². The van der Waals surface area contributed by atoms with E-state index >= 15 is 0 Å². The summed E-state index contributed by atoms with van der Waals surface area (Å²) in [6.45, 7) is 4.38. The summed E-state index contributed by atoms with van der Waals surface area (Å²) in [5.41, 5.74) is 5.18. The molecule has 1 amide bonds. The number of halogens is 2. The number of nitrogens with two attached hydrogens (primary N) is 1. The molecule has 0 heterocycles. The Morgan fingerprint density at radius 2 is 2.10 bits per heavy atom. The molecule has 0 saturated carbocycles. The molecule has 0 bridgehead atoms. The Labute approximate surface area is 122 Å². The highest BCUT2D eigenvalue weighted by molar-refractivity contribution is 5.94. The average Bonchev–Trinajstić information content (AvgIpc) is 2.42. The third-order valence-corrected chi connectivity index (χ3v) is 2.80. The predicted octanol–water partition coefficient (Wildman–Crippen LogP) is 2.20. The number of carbonyl (C=O) groups excluding carboxylic acids is 1. The van der Waals surface area contributed by atoms with Gasteiger partial charge in [0.1, 0.15) is 17.5 Å². The maximum Gasteiger partial charge on any atom is 0.256 e. The van der Waals surface area contributed by atoms with E-state index in [4.69, 9.17) is 10.9 Å². The summed E-state index contributed by atoms with van der Waals surface area (Å²) in [6.07, 6.45) is 0.164. The molecule has 0 aromatic heterocycles. The Morgan fingerprint density at radius 3 is 2.62 bits per heavy atom. The molecule has 0 aliphatic rings. The van der Waals surface area contributed by atoms with Gasteiger partial charge in [-0.1, -0.05) is 19.0 Å². The van der Waals surface area contributed by atoms with Gasteiger partial charge in [-0.05, 0) is 18.1 Å². The molecule has 21 heavy (non-hydrogen) atoms. The smallest absolute Gasteiger partial charge is 0.256 e. The molecule has 7 heteroatoms. The highest BCUT2D eigenvalue weighted by Crippen LogP contribution is 2.14. The van der Waals surface area contributed by atoms with Crippen molar-refractivity contribution < 1.29 is 18.8 Å². The molecule has 0 fully saturated rings. The zero-order chi connectivity index (χ0) is 16.0. The van der Waals surface area contributed by atoms with Gasteiger partial charge in [-0.25, -0.2) is 8.78 Å². The van der Waals surface area contributed by atoms with Crippen molar-refractivity contribution in [3.8, 4) is 0 Å². The highest BCUT2D eigenvalue weighted by atomic mass is 19.1. The van der Waals surface area contributed by atoms with Crippen molar-refractivity contribution in [1.29, 1.82) is 0 Å². The average molecular weight is 299 g/mol. The van der Waals surface area contributed by atoms with Gasteiger partial charge < -0.3 is 15.8 Å². The van der Waals surface area contributed by atoms with Crippen LogP contribution in [0.3, 0.4) is 0 Å². The normalized spacial score (nSPS) is 11.8. The van der Waals surface area contributed by atoms with Gasteiger partial charge in [-0.3, -0.25) is 4.79 Å². The zero-order valence-electron chi connectivity index (χ0n) is 12.0. The van der Waals surface area contributed by atoms with Crippen LogP contribution < -0.4 is 5.73 Å². The Balaban J connectivity index is 2.93. The lowest BCUT2D eigenvalue weighted by Crippen LogP contribution is -2.37. The maximum absolute atomic E-state index is 13.7. The van der Waals surface area contributed by atoms with Crippen molar-refractivity contribution in [2.75, 3.05) is 13.1 Å². The minimum atomic E-state index is -0.905. The zero-order valence-corrected chi connectivity index (χ0v) is 12.0. The molecular weight excluding hydrogens is 280 g/mol. The number of hydrogen-bond acceptors (Lipinski definition) is 3. The van der Waals surface area contributed by atoms with E-state index in [0.29, 0.717) is 12.6 Å². The van der Waals surface area contributed by atoms with Crippen LogP contribution in [0.15, 0.2) is 23.4 Å². The summed E-state index contributed by atoms with van der Waals surface area (Å²) in [7, 11) is 0. The van der Waals surface area contributed by atoms with Crippen molar-refractivity contribution in [2.24, 2.45) is 16.8 Å². The van der Waals surface area contributed by atoms with E-state index < -0.39 is 17.5 Å².